The molecule has 1 saturated heterocycles. The number of H-pyrrole nitrogens is 1. The average molecular weight is 309 g/mol. The van der Waals surface area contributed by atoms with E-state index in [1.54, 1.807) is 6.07 Å². The molecule has 0 aliphatic carbocycles. The van der Waals surface area contributed by atoms with Gasteiger partial charge in [-0.05, 0) is 51.1 Å². The van der Waals surface area contributed by atoms with Crippen molar-refractivity contribution in [3.8, 4) is 5.75 Å². The molecule has 114 valence electrons. The van der Waals surface area contributed by atoms with E-state index in [0.29, 0.717) is 4.77 Å². The summed E-state index contributed by atoms with van der Waals surface area (Å²) in [7, 11) is 1.48. The van der Waals surface area contributed by atoms with Gasteiger partial charge < -0.3 is 19.2 Å². The topological polar surface area (TPSA) is 33.2 Å². The lowest BCUT2D eigenvalue weighted by molar-refractivity contribution is 0.326. The summed E-state index contributed by atoms with van der Waals surface area (Å²) in [5, 5.41) is 0. The van der Waals surface area contributed by atoms with Gasteiger partial charge in [-0.1, -0.05) is 0 Å². The third-order valence-electron chi connectivity index (χ3n) is 4.10. The molecule has 0 bridgehead atoms. The van der Waals surface area contributed by atoms with Gasteiger partial charge in [0.15, 0.2) is 16.3 Å². The minimum atomic E-state index is -0.370. The molecule has 21 heavy (non-hydrogen) atoms. The Balaban J connectivity index is 1.80. The van der Waals surface area contributed by atoms with Crippen molar-refractivity contribution in [2.24, 2.45) is 0 Å². The van der Waals surface area contributed by atoms with Crippen molar-refractivity contribution in [3.05, 3.63) is 22.7 Å². The van der Waals surface area contributed by atoms with Gasteiger partial charge in [0.2, 0.25) is 0 Å². The summed E-state index contributed by atoms with van der Waals surface area (Å²) >= 11 is 5.35. The number of benzene rings is 1. The average Bonchev–Trinajstić information content (AvgIpc) is 3.07. The van der Waals surface area contributed by atoms with E-state index < -0.39 is 0 Å². The second kappa shape index (κ2) is 6.15. The van der Waals surface area contributed by atoms with Crippen LogP contribution in [-0.2, 0) is 6.54 Å². The minimum absolute atomic E-state index is 0.254. The van der Waals surface area contributed by atoms with Crippen molar-refractivity contribution in [3.63, 3.8) is 0 Å². The SMILES string of the molecule is COc1cc2c(cc1F)[nH]c(=S)n2CCCN1CCCC1. The fourth-order valence-corrected chi connectivity index (χ4v) is 3.29. The number of aromatic amines is 1. The van der Waals surface area contributed by atoms with Crippen LogP contribution in [0.4, 0.5) is 4.39 Å². The van der Waals surface area contributed by atoms with Gasteiger partial charge in [0.25, 0.3) is 0 Å². The standard InChI is InChI=1S/C15H20FN3OS/c1-20-14-10-13-12(9-11(14)16)17-15(21)19(13)8-4-7-18-5-2-3-6-18/h9-10H,2-8H2,1H3,(H,17,21). The van der Waals surface area contributed by atoms with Crippen LogP contribution in [0.1, 0.15) is 19.3 Å². The molecule has 1 aliphatic rings. The molecule has 0 saturated carbocycles. The second-order valence-electron chi connectivity index (χ2n) is 5.49. The van der Waals surface area contributed by atoms with Gasteiger partial charge in [-0.15, -0.1) is 0 Å². The molecule has 0 spiro atoms. The van der Waals surface area contributed by atoms with Crippen molar-refractivity contribution in [1.29, 1.82) is 0 Å². The van der Waals surface area contributed by atoms with Crippen molar-refractivity contribution in [2.45, 2.75) is 25.8 Å². The van der Waals surface area contributed by atoms with E-state index in [9.17, 15) is 4.39 Å². The first-order valence-corrected chi connectivity index (χ1v) is 7.78. The zero-order valence-electron chi connectivity index (χ0n) is 12.2. The van der Waals surface area contributed by atoms with Crippen molar-refractivity contribution in [1.82, 2.24) is 14.5 Å². The zero-order chi connectivity index (χ0) is 14.8. The van der Waals surface area contributed by atoms with Gasteiger partial charge in [0, 0.05) is 18.7 Å². The van der Waals surface area contributed by atoms with E-state index in [1.165, 1.54) is 39.1 Å². The van der Waals surface area contributed by atoms with Crippen LogP contribution >= 0.6 is 12.2 Å². The van der Waals surface area contributed by atoms with E-state index in [-0.39, 0.29) is 11.6 Å². The number of hydrogen-bond donors (Lipinski definition) is 1. The zero-order valence-corrected chi connectivity index (χ0v) is 13.0. The maximum absolute atomic E-state index is 13.7. The number of hydrogen-bond acceptors (Lipinski definition) is 3. The van der Waals surface area contributed by atoms with Crippen molar-refractivity contribution < 1.29 is 9.13 Å². The number of nitrogens with one attached hydrogen (secondary N) is 1. The highest BCUT2D eigenvalue weighted by Crippen LogP contribution is 2.24. The normalized spacial score (nSPS) is 15.9. The van der Waals surface area contributed by atoms with Crippen LogP contribution in [0.15, 0.2) is 12.1 Å². The molecular formula is C15H20FN3OS. The molecular weight excluding hydrogens is 289 g/mol. The fraction of sp³-hybridized carbons (Fsp3) is 0.533. The molecule has 6 heteroatoms. The molecule has 1 aliphatic heterocycles. The highest BCUT2D eigenvalue weighted by molar-refractivity contribution is 7.71. The molecule has 0 unspecified atom stereocenters. The Morgan fingerprint density at radius 3 is 2.76 bits per heavy atom. The first kappa shape index (κ1) is 14.5. The first-order valence-electron chi connectivity index (χ1n) is 7.37. The molecule has 2 heterocycles. The number of nitrogens with zero attached hydrogens (tertiary/aromatic N) is 2. The number of rotatable bonds is 5. The number of aryl methyl sites for hydroxylation is 1. The molecule has 3 rings (SSSR count). The summed E-state index contributed by atoms with van der Waals surface area (Å²) in [6, 6.07) is 3.16. The number of imidazole rings is 1. The Hall–Kier alpha value is -1.40. The van der Waals surface area contributed by atoms with Gasteiger partial charge in [0.1, 0.15) is 0 Å². The lowest BCUT2D eigenvalue weighted by atomic mass is 10.2. The lowest BCUT2D eigenvalue weighted by Crippen LogP contribution is -2.21. The fourth-order valence-electron chi connectivity index (χ4n) is 3.00. The first-order chi connectivity index (χ1) is 10.2. The summed E-state index contributed by atoms with van der Waals surface area (Å²) in [5.74, 6) is -0.116. The van der Waals surface area contributed by atoms with E-state index in [2.05, 4.69) is 9.88 Å². The van der Waals surface area contributed by atoms with Crippen LogP contribution in [0.3, 0.4) is 0 Å². The Labute approximate surface area is 128 Å². The van der Waals surface area contributed by atoms with E-state index in [1.807, 2.05) is 4.57 Å². The summed E-state index contributed by atoms with van der Waals surface area (Å²) in [6.45, 7) is 4.34. The molecule has 1 fully saturated rings. The van der Waals surface area contributed by atoms with Crippen molar-refractivity contribution >= 4 is 23.3 Å². The van der Waals surface area contributed by atoms with Gasteiger partial charge in [-0.25, -0.2) is 4.39 Å². The smallest absolute Gasteiger partial charge is 0.178 e. The van der Waals surface area contributed by atoms with Crippen LogP contribution in [-0.4, -0.2) is 41.2 Å². The number of ether oxygens (including phenoxy) is 1. The largest absolute Gasteiger partial charge is 0.494 e. The third-order valence-corrected chi connectivity index (χ3v) is 4.42. The second-order valence-corrected chi connectivity index (χ2v) is 5.87. The molecule has 4 nitrogen and oxygen atoms in total. The number of fused-ring (bicyclic) bond motifs is 1. The Morgan fingerprint density at radius 1 is 1.29 bits per heavy atom. The lowest BCUT2D eigenvalue weighted by Gasteiger charge is -2.14. The predicted molar refractivity (Wildman–Crippen MR) is 83.9 cm³/mol. The summed E-state index contributed by atoms with van der Waals surface area (Å²) in [4.78, 5) is 5.55. The van der Waals surface area contributed by atoms with E-state index in [0.717, 1.165) is 30.5 Å². The predicted octanol–water partition coefficient (Wildman–Crippen LogP) is 3.33. The monoisotopic (exact) mass is 309 g/mol. The number of aromatic nitrogens is 2. The highest BCUT2D eigenvalue weighted by Gasteiger charge is 2.13. The van der Waals surface area contributed by atoms with Crippen LogP contribution in [0, 0.1) is 10.6 Å². The number of likely N-dealkylation sites (tertiary alicyclic amines) is 1. The minimum Gasteiger partial charge on any atom is -0.494 e. The van der Waals surface area contributed by atoms with Crippen LogP contribution < -0.4 is 4.74 Å². The van der Waals surface area contributed by atoms with Gasteiger partial charge in [-0.2, -0.15) is 0 Å². The van der Waals surface area contributed by atoms with Gasteiger partial charge in [-0.3, -0.25) is 0 Å². The molecule has 1 aromatic heterocycles. The molecule has 2 aromatic rings. The Morgan fingerprint density at radius 2 is 2.05 bits per heavy atom. The van der Waals surface area contributed by atoms with E-state index in [4.69, 9.17) is 17.0 Å². The Bertz CT molecular complexity index is 688. The molecule has 0 radical (unpaired) electrons. The molecule has 0 atom stereocenters. The maximum Gasteiger partial charge on any atom is 0.178 e. The van der Waals surface area contributed by atoms with Crippen molar-refractivity contribution in [2.75, 3.05) is 26.7 Å². The molecule has 1 N–H and O–H groups in total. The summed E-state index contributed by atoms with van der Waals surface area (Å²) in [5.41, 5.74) is 1.62. The number of halogens is 1. The molecule has 1 aromatic carbocycles. The quantitative estimate of drug-likeness (QED) is 0.860. The van der Waals surface area contributed by atoms with Gasteiger partial charge in [0.05, 0.1) is 18.1 Å². The third kappa shape index (κ3) is 2.96. The summed E-state index contributed by atoms with van der Waals surface area (Å²) < 4.78 is 21.4. The van der Waals surface area contributed by atoms with Crippen LogP contribution in [0.5, 0.6) is 5.75 Å². The van der Waals surface area contributed by atoms with Gasteiger partial charge >= 0.3 is 0 Å². The molecule has 0 amide bonds. The van der Waals surface area contributed by atoms with E-state index >= 15 is 0 Å². The van der Waals surface area contributed by atoms with Crippen LogP contribution in [0.2, 0.25) is 0 Å². The van der Waals surface area contributed by atoms with Crippen LogP contribution in [0.25, 0.3) is 11.0 Å². The summed E-state index contributed by atoms with van der Waals surface area (Å²) in [6.07, 6.45) is 3.66. The maximum atomic E-state index is 13.7. The highest BCUT2D eigenvalue weighted by atomic mass is 32.1. The Kier molecular flexibility index (Phi) is 4.26. The number of methoxy groups -OCH3 is 1.